The third kappa shape index (κ3) is 4.64. The molecule has 0 amide bonds. The molecular formula is C45H35N. The summed E-state index contributed by atoms with van der Waals surface area (Å²) in [6.45, 7) is 4.70. The minimum absolute atomic E-state index is 0.0610. The lowest BCUT2D eigenvalue weighted by Gasteiger charge is -2.30. The van der Waals surface area contributed by atoms with Gasteiger partial charge < -0.3 is 4.90 Å². The molecule has 0 atom stereocenters. The molecule has 0 heterocycles. The van der Waals surface area contributed by atoms with Gasteiger partial charge in [-0.2, -0.15) is 0 Å². The van der Waals surface area contributed by atoms with Gasteiger partial charge in [-0.15, -0.1) is 0 Å². The molecule has 8 rings (SSSR count). The fourth-order valence-corrected chi connectivity index (χ4v) is 7.25. The summed E-state index contributed by atoms with van der Waals surface area (Å²) in [5.74, 6) is 0. The van der Waals surface area contributed by atoms with Gasteiger partial charge in [0.05, 0.1) is 11.4 Å². The molecule has 0 unspecified atom stereocenters. The second-order valence-corrected chi connectivity index (χ2v) is 12.5. The summed E-state index contributed by atoms with van der Waals surface area (Å²) >= 11 is 0. The Bertz CT molecular complexity index is 2160. The van der Waals surface area contributed by atoms with Gasteiger partial charge in [-0.3, -0.25) is 0 Å². The van der Waals surface area contributed by atoms with Crippen LogP contribution in [0.25, 0.3) is 44.5 Å². The lowest BCUT2D eigenvalue weighted by Crippen LogP contribution is -2.15. The van der Waals surface area contributed by atoms with Gasteiger partial charge in [0.15, 0.2) is 0 Å². The van der Waals surface area contributed by atoms with Crippen molar-refractivity contribution >= 4 is 17.1 Å². The maximum atomic E-state index is 2.43. The van der Waals surface area contributed by atoms with Crippen molar-refractivity contribution in [2.45, 2.75) is 19.3 Å². The summed E-state index contributed by atoms with van der Waals surface area (Å²) in [7, 11) is 0. The van der Waals surface area contributed by atoms with Crippen molar-refractivity contribution in [1.29, 1.82) is 0 Å². The normalized spacial score (nSPS) is 12.7. The summed E-state index contributed by atoms with van der Waals surface area (Å²) in [6.07, 6.45) is 0. The number of para-hydroxylation sites is 3. The fourth-order valence-electron chi connectivity index (χ4n) is 7.25. The first-order chi connectivity index (χ1) is 22.6. The minimum atomic E-state index is -0.0610. The summed E-state index contributed by atoms with van der Waals surface area (Å²) in [4.78, 5) is 2.43. The Morgan fingerprint density at radius 1 is 0.348 bits per heavy atom. The molecule has 7 aromatic carbocycles. The second kappa shape index (κ2) is 11.4. The predicted molar refractivity (Wildman–Crippen MR) is 195 cm³/mol. The third-order valence-corrected chi connectivity index (χ3v) is 9.51. The maximum Gasteiger partial charge on any atom is 0.0540 e. The van der Waals surface area contributed by atoms with Crippen molar-refractivity contribution in [3.63, 3.8) is 0 Å². The Hall–Kier alpha value is -5.66. The van der Waals surface area contributed by atoms with Crippen LogP contribution < -0.4 is 4.90 Å². The van der Waals surface area contributed by atoms with E-state index in [1.54, 1.807) is 0 Å². The van der Waals surface area contributed by atoms with Crippen molar-refractivity contribution < 1.29 is 0 Å². The van der Waals surface area contributed by atoms with E-state index in [0.29, 0.717) is 0 Å². The van der Waals surface area contributed by atoms with E-state index in [4.69, 9.17) is 0 Å². The number of hydrogen-bond acceptors (Lipinski definition) is 1. The van der Waals surface area contributed by atoms with Crippen LogP contribution in [-0.4, -0.2) is 0 Å². The average molecular weight is 590 g/mol. The van der Waals surface area contributed by atoms with E-state index in [9.17, 15) is 0 Å². The summed E-state index contributed by atoms with van der Waals surface area (Å²) in [6, 6.07) is 63.7. The van der Waals surface area contributed by atoms with Crippen LogP contribution in [0.3, 0.4) is 0 Å². The van der Waals surface area contributed by atoms with Crippen LogP contribution in [0.4, 0.5) is 17.1 Å². The molecule has 220 valence electrons. The quantitative estimate of drug-likeness (QED) is 0.186. The summed E-state index contributed by atoms with van der Waals surface area (Å²) < 4.78 is 0. The first-order valence-corrected chi connectivity index (χ1v) is 16.0. The van der Waals surface area contributed by atoms with Gasteiger partial charge in [0.25, 0.3) is 0 Å². The first-order valence-electron chi connectivity index (χ1n) is 16.0. The SMILES string of the molecule is CC1(C)c2ccccc2-c2c(-c3ccccc3N(c3ccccc3)c3ccccc3-c3ccc(-c4ccccc4)cc3)cccc21. The topological polar surface area (TPSA) is 3.24 Å². The lowest BCUT2D eigenvalue weighted by molar-refractivity contribution is 0.660. The van der Waals surface area contributed by atoms with Crippen LogP contribution in [0.15, 0.2) is 176 Å². The predicted octanol–water partition coefficient (Wildman–Crippen LogP) is 12.5. The van der Waals surface area contributed by atoms with E-state index in [0.717, 1.165) is 17.1 Å². The molecule has 0 N–H and O–H groups in total. The van der Waals surface area contributed by atoms with Crippen LogP contribution in [0.1, 0.15) is 25.0 Å². The smallest absolute Gasteiger partial charge is 0.0540 e. The highest BCUT2D eigenvalue weighted by atomic mass is 15.1. The van der Waals surface area contributed by atoms with Crippen LogP contribution in [0, 0.1) is 0 Å². The highest BCUT2D eigenvalue weighted by Gasteiger charge is 2.37. The zero-order valence-corrected chi connectivity index (χ0v) is 26.2. The summed E-state index contributed by atoms with van der Waals surface area (Å²) in [5.41, 5.74) is 16.1. The Kier molecular flexibility index (Phi) is 6.88. The maximum absolute atomic E-state index is 2.43. The van der Waals surface area contributed by atoms with Crippen LogP contribution in [-0.2, 0) is 5.41 Å². The van der Waals surface area contributed by atoms with Crippen molar-refractivity contribution in [3.8, 4) is 44.5 Å². The molecule has 0 fully saturated rings. The van der Waals surface area contributed by atoms with Crippen molar-refractivity contribution in [3.05, 3.63) is 187 Å². The van der Waals surface area contributed by atoms with Crippen LogP contribution in [0.2, 0.25) is 0 Å². The molecular weight excluding hydrogens is 555 g/mol. The van der Waals surface area contributed by atoms with Gasteiger partial charge in [0.1, 0.15) is 0 Å². The van der Waals surface area contributed by atoms with E-state index in [1.165, 1.54) is 55.6 Å². The molecule has 1 heteroatoms. The first kappa shape index (κ1) is 27.9. The molecule has 0 bridgehead atoms. The highest BCUT2D eigenvalue weighted by molar-refractivity contribution is 5.99. The van der Waals surface area contributed by atoms with E-state index < -0.39 is 0 Å². The number of fused-ring (bicyclic) bond motifs is 3. The third-order valence-electron chi connectivity index (χ3n) is 9.51. The molecule has 7 aromatic rings. The molecule has 0 saturated heterocycles. The average Bonchev–Trinajstić information content (AvgIpc) is 3.36. The van der Waals surface area contributed by atoms with E-state index in [-0.39, 0.29) is 5.41 Å². The zero-order chi connectivity index (χ0) is 31.1. The Morgan fingerprint density at radius 3 is 1.54 bits per heavy atom. The molecule has 0 radical (unpaired) electrons. The van der Waals surface area contributed by atoms with Crippen molar-refractivity contribution in [2.75, 3.05) is 4.90 Å². The molecule has 0 aromatic heterocycles. The largest absolute Gasteiger partial charge is 0.309 e. The Morgan fingerprint density at radius 2 is 0.826 bits per heavy atom. The van der Waals surface area contributed by atoms with Gasteiger partial charge in [-0.25, -0.2) is 0 Å². The minimum Gasteiger partial charge on any atom is -0.309 e. The standard InChI is InChI=1S/C45H35N/c1-45(2)40-24-12-9-22-39(40)44-38(23-15-25-41(44)45)37-21-11-14-27-43(37)46(35-18-7-4-8-19-35)42-26-13-10-20-36(42)34-30-28-33(29-31-34)32-16-5-3-6-17-32/h3-31H,1-2H3. The van der Waals surface area contributed by atoms with Gasteiger partial charge >= 0.3 is 0 Å². The molecule has 1 aliphatic rings. The summed E-state index contributed by atoms with van der Waals surface area (Å²) in [5, 5.41) is 0. The van der Waals surface area contributed by atoms with Gasteiger partial charge in [0.2, 0.25) is 0 Å². The van der Waals surface area contributed by atoms with Crippen molar-refractivity contribution in [1.82, 2.24) is 0 Å². The van der Waals surface area contributed by atoms with E-state index >= 15 is 0 Å². The monoisotopic (exact) mass is 589 g/mol. The van der Waals surface area contributed by atoms with E-state index in [1.807, 2.05) is 0 Å². The Balaban J connectivity index is 1.32. The van der Waals surface area contributed by atoms with Gasteiger partial charge in [-0.05, 0) is 68.8 Å². The number of rotatable bonds is 6. The van der Waals surface area contributed by atoms with Crippen LogP contribution in [0.5, 0.6) is 0 Å². The highest BCUT2D eigenvalue weighted by Crippen LogP contribution is 2.54. The van der Waals surface area contributed by atoms with Crippen molar-refractivity contribution in [2.24, 2.45) is 0 Å². The zero-order valence-electron chi connectivity index (χ0n) is 26.2. The molecule has 0 spiro atoms. The van der Waals surface area contributed by atoms with Gasteiger partial charge in [-0.1, -0.05) is 166 Å². The molecule has 1 nitrogen and oxygen atoms in total. The van der Waals surface area contributed by atoms with Crippen LogP contribution >= 0.6 is 0 Å². The molecule has 0 saturated carbocycles. The molecule has 46 heavy (non-hydrogen) atoms. The fraction of sp³-hybridized carbons (Fsp3) is 0.0667. The lowest BCUT2D eigenvalue weighted by atomic mass is 9.82. The Labute approximate surface area is 272 Å². The molecule has 1 aliphatic carbocycles. The second-order valence-electron chi connectivity index (χ2n) is 12.5. The number of hydrogen-bond donors (Lipinski definition) is 0. The van der Waals surface area contributed by atoms with E-state index in [2.05, 4.69) is 195 Å². The van der Waals surface area contributed by atoms with Gasteiger partial charge in [0, 0.05) is 22.2 Å². The number of benzene rings is 7. The number of nitrogens with zero attached hydrogens (tertiary/aromatic N) is 1. The number of anilines is 3. The molecule has 0 aliphatic heterocycles.